The lowest BCUT2D eigenvalue weighted by molar-refractivity contribution is -0.129. The average Bonchev–Trinajstić information content (AvgIpc) is 2.39. The summed E-state index contributed by atoms with van der Waals surface area (Å²) in [5, 5.41) is 8.82. The van der Waals surface area contributed by atoms with Crippen molar-refractivity contribution >= 4 is 17.8 Å². The van der Waals surface area contributed by atoms with Gasteiger partial charge in [0.2, 0.25) is 0 Å². The Hall–Kier alpha value is -1.90. The molecule has 14 heavy (non-hydrogen) atoms. The van der Waals surface area contributed by atoms with Gasteiger partial charge in [-0.05, 0) is 17.2 Å². The van der Waals surface area contributed by atoms with Gasteiger partial charge in [-0.3, -0.25) is 4.99 Å². The molecule has 0 aliphatic carbocycles. The van der Waals surface area contributed by atoms with Crippen molar-refractivity contribution in [3.8, 4) is 0 Å². The quantitative estimate of drug-likeness (QED) is 0.728. The molecule has 2 rings (SSSR count). The summed E-state index contributed by atoms with van der Waals surface area (Å²) < 4.78 is 0. The molecule has 1 aromatic rings. The highest BCUT2D eigenvalue weighted by Gasteiger charge is 2.12. The fourth-order valence-electron chi connectivity index (χ4n) is 1.42. The van der Waals surface area contributed by atoms with Gasteiger partial charge in [0, 0.05) is 12.6 Å². The second-order valence-electron chi connectivity index (χ2n) is 3.07. The van der Waals surface area contributed by atoms with Crippen LogP contribution in [0.3, 0.4) is 0 Å². The maximum absolute atomic E-state index is 10.8. The number of carboxylic acid groups (broad SMARTS) is 1. The highest BCUT2D eigenvalue weighted by Crippen LogP contribution is 2.15. The van der Waals surface area contributed by atoms with E-state index in [1.165, 1.54) is 6.20 Å². The topological polar surface area (TPSA) is 49.7 Å². The number of carbonyl (C=O) groups is 1. The zero-order valence-corrected chi connectivity index (χ0v) is 7.47. The normalized spacial score (nSPS) is 14.1. The Balaban J connectivity index is 2.42. The average molecular weight is 187 g/mol. The van der Waals surface area contributed by atoms with Crippen LogP contribution in [0.25, 0.3) is 6.08 Å². The maximum Gasteiger partial charge on any atom is 0.350 e. The molecule has 0 amide bonds. The van der Waals surface area contributed by atoms with Crippen LogP contribution in [0.4, 0.5) is 0 Å². The lowest BCUT2D eigenvalue weighted by Gasteiger charge is -2.02. The monoisotopic (exact) mass is 187 g/mol. The Kier molecular flexibility index (Phi) is 2.14. The summed E-state index contributed by atoms with van der Waals surface area (Å²) in [4.78, 5) is 14.6. The van der Waals surface area contributed by atoms with Crippen LogP contribution in [-0.2, 0) is 11.2 Å². The molecule has 0 spiro atoms. The molecule has 0 bridgehead atoms. The van der Waals surface area contributed by atoms with Crippen molar-refractivity contribution in [1.29, 1.82) is 0 Å². The number of hydrogen-bond donors (Lipinski definition) is 1. The minimum atomic E-state index is -0.952. The Morgan fingerprint density at radius 3 is 2.93 bits per heavy atom. The van der Waals surface area contributed by atoms with Crippen LogP contribution in [0, 0.1) is 0 Å². The van der Waals surface area contributed by atoms with Gasteiger partial charge in [-0.15, -0.1) is 0 Å². The molecule has 0 radical (unpaired) electrons. The van der Waals surface area contributed by atoms with E-state index in [0.717, 1.165) is 11.1 Å². The lowest BCUT2D eigenvalue weighted by atomic mass is 10.0. The number of hydrogen-bond acceptors (Lipinski definition) is 2. The third-order valence-corrected chi connectivity index (χ3v) is 2.14. The fraction of sp³-hybridized carbons (Fsp3) is 0.0909. The number of aliphatic imine (C=N–C) groups is 1. The molecular formula is C11H9NO2. The third kappa shape index (κ3) is 1.57. The van der Waals surface area contributed by atoms with Gasteiger partial charge in [-0.1, -0.05) is 24.3 Å². The van der Waals surface area contributed by atoms with Gasteiger partial charge in [0.1, 0.15) is 5.71 Å². The van der Waals surface area contributed by atoms with Crippen molar-refractivity contribution in [2.45, 2.75) is 6.42 Å². The number of carboxylic acids is 1. The summed E-state index contributed by atoms with van der Waals surface area (Å²) in [6, 6.07) is 7.70. The minimum absolute atomic E-state index is 0.186. The summed E-state index contributed by atoms with van der Waals surface area (Å²) in [5.74, 6) is -0.952. The first-order valence-electron chi connectivity index (χ1n) is 4.32. The van der Waals surface area contributed by atoms with Crippen LogP contribution >= 0.6 is 0 Å². The standard InChI is InChI=1S/C11H9NO2/c13-11(14)10-7-9-4-2-1-3-8(9)5-6-12-10/h1-6H,7H2,(H,13,14). The molecule has 3 nitrogen and oxygen atoms in total. The van der Waals surface area contributed by atoms with Crippen molar-refractivity contribution in [1.82, 2.24) is 0 Å². The second kappa shape index (κ2) is 3.46. The molecule has 0 atom stereocenters. The van der Waals surface area contributed by atoms with E-state index in [2.05, 4.69) is 4.99 Å². The molecule has 1 aromatic carbocycles. The van der Waals surface area contributed by atoms with Crippen LogP contribution in [0.15, 0.2) is 35.5 Å². The molecule has 0 fully saturated rings. The van der Waals surface area contributed by atoms with Crippen molar-refractivity contribution in [2.75, 3.05) is 0 Å². The number of fused-ring (bicyclic) bond motifs is 1. The van der Waals surface area contributed by atoms with E-state index in [0.29, 0.717) is 6.42 Å². The molecule has 1 heterocycles. The predicted octanol–water partition coefficient (Wildman–Crippen LogP) is 1.74. The molecule has 0 unspecified atom stereocenters. The van der Waals surface area contributed by atoms with Crippen LogP contribution < -0.4 is 0 Å². The van der Waals surface area contributed by atoms with E-state index in [9.17, 15) is 4.79 Å². The molecule has 1 aliphatic rings. The molecule has 0 aromatic heterocycles. The van der Waals surface area contributed by atoms with Crippen LogP contribution in [0.2, 0.25) is 0 Å². The summed E-state index contributed by atoms with van der Waals surface area (Å²) in [6.45, 7) is 0. The van der Waals surface area contributed by atoms with Gasteiger partial charge in [-0.25, -0.2) is 4.79 Å². The van der Waals surface area contributed by atoms with E-state index in [-0.39, 0.29) is 5.71 Å². The summed E-state index contributed by atoms with van der Waals surface area (Å²) in [6.07, 6.45) is 3.75. The second-order valence-corrected chi connectivity index (χ2v) is 3.07. The first-order chi connectivity index (χ1) is 6.77. The zero-order valence-electron chi connectivity index (χ0n) is 7.47. The van der Waals surface area contributed by atoms with Gasteiger partial charge in [0.25, 0.3) is 0 Å². The van der Waals surface area contributed by atoms with Crippen molar-refractivity contribution in [3.63, 3.8) is 0 Å². The molecule has 1 N–H and O–H groups in total. The van der Waals surface area contributed by atoms with Gasteiger partial charge in [0.15, 0.2) is 0 Å². The lowest BCUT2D eigenvalue weighted by Crippen LogP contribution is -2.15. The minimum Gasteiger partial charge on any atom is -0.477 e. The third-order valence-electron chi connectivity index (χ3n) is 2.14. The van der Waals surface area contributed by atoms with E-state index in [4.69, 9.17) is 5.11 Å². The molecular weight excluding hydrogens is 178 g/mol. The van der Waals surface area contributed by atoms with Gasteiger partial charge in [-0.2, -0.15) is 0 Å². The Bertz CT molecular complexity index is 433. The van der Waals surface area contributed by atoms with Crippen molar-refractivity contribution in [2.24, 2.45) is 4.99 Å². The van der Waals surface area contributed by atoms with Crippen LogP contribution in [0.1, 0.15) is 11.1 Å². The summed E-state index contributed by atoms with van der Waals surface area (Å²) in [5.41, 5.74) is 2.22. The van der Waals surface area contributed by atoms with Gasteiger partial charge < -0.3 is 5.11 Å². The highest BCUT2D eigenvalue weighted by atomic mass is 16.4. The largest absolute Gasteiger partial charge is 0.477 e. The van der Waals surface area contributed by atoms with E-state index in [1.807, 2.05) is 30.3 Å². The zero-order chi connectivity index (χ0) is 9.97. The first-order valence-corrected chi connectivity index (χ1v) is 4.32. The SMILES string of the molecule is O=C(O)C1=NC=Cc2ccccc2C1. The van der Waals surface area contributed by atoms with Crippen molar-refractivity contribution in [3.05, 3.63) is 41.6 Å². The van der Waals surface area contributed by atoms with E-state index >= 15 is 0 Å². The van der Waals surface area contributed by atoms with Gasteiger partial charge in [0.05, 0.1) is 0 Å². The number of benzene rings is 1. The molecule has 0 saturated heterocycles. The molecule has 3 heteroatoms. The Morgan fingerprint density at radius 1 is 1.36 bits per heavy atom. The van der Waals surface area contributed by atoms with E-state index < -0.39 is 5.97 Å². The van der Waals surface area contributed by atoms with Crippen LogP contribution in [-0.4, -0.2) is 16.8 Å². The smallest absolute Gasteiger partial charge is 0.350 e. The number of nitrogens with zero attached hydrogens (tertiary/aromatic N) is 1. The molecule has 70 valence electrons. The number of aliphatic carboxylic acids is 1. The molecule has 1 aliphatic heterocycles. The number of rotatable bonds is 1. The van der Waals surface area contributed by atoms with E-state index in [1.54, 1.807) is 0 Å². The molecule has 0 saturated carbocycles. The Morgan fingerprint density at radius 2 is 2.14 bits per heavy atom. The predicted molar refractivity (Wildman–Crippen MR) is 54.3 cm³/mol. The van der Waals surface area contributed by atoms with Crippen molar-refractivity contribution < 1.29 is 9.90 Å². The maximum atomic E-state index is 10.8. The Labute approximate surface area is 81.4 Å². The highest BCUT2D eigenvalue weighted by molar-refractivity contribution is 6.36. The summed E-state index contributed by atoms with van der Waals surface area (Å²) >= 11 is 0. The van der Waals surface area contributed by atoms with Gasteiger partial charge >= 0.3 is 5.97 Å². The van der Waals surface area contributed by atoms with Crippen LogP contribution in [0.5, 0.6) is 0 Å². The first kappa shape index (κ1) is 8.69. The summed E-state index contributed by atoms with van der Waals surface area (Å²) in [7, 11) is 0. The fourth-order valence-corrected chi connectivity index (χ4v) is 1.42.